The van der Waals surface area contributed by atoms with Gasteiger partial charge in [0.25, 0.3) is 0 Å². The Hall–Kier alpha value is -2.23. The first kappa shape index (κ1) is 18.1. The van der Waals surface area contributed by atoms with E-state index in [4.69, 9.17) is 16.0 Å². The second-order valence-corrected chi connectivity index (χ2v) is 8.64. The quantitative estimate of drug-likeness (QED) is 0.430. The van der Waals surface area contributed by atoms with Crippen LogP contribution in [0.3, 0.4) is 0 Å². The lowest BCUT2D eigenvalue weighted by Gasteiger charge is -2.06. The highest BCUT2D eigenvalue weighted by Gasteiger charge is 2.21. The van der Waals surface area contributed by atoms with Crippen LogP contribution in [0.15, 0.2) is 39.2 Å². The Morgan fingerprint density at radius 1 is 1.22 bits per heavy atom. The van der Waals surface area contributed by atoms with E-state index in [-0.39, 0.29) is 5.25 Å². The van der Waals surface area contributed by atoms with Gasteiger partial charge in [0.2, 0.25) is 11.8 Å². The Labute approximate surface area is 168 Å². The normalized spacial score (nSPS) is 12.4. The van der Waals surface area contributed by atoms with Crippen molar-refractivity contribution >= 4 is 34.7 Å². The van der Waals surface area contributed by atoms with Crippen LogP contribution in [0.4, 0.5) is 0 Å². The lowest BCUT2D eigenvalue weighted by atomic mass is 10.2. The number of hydrogen-bond donors (Lipinski definition) is 0. The van der Waals surface area contributed by atoms with Crippen LogP contribution < -0.4 is 0 Å². The molecule has 4 rings (SSSR count). The van der Waals surface area contributed by atoms with Crippen molar-refractivity contribution in [1.82, 2.24) is 29.9 Å². The summed E-state index contributed by atoms with van der Waals surface area (Å²) in [7, 11) is 1.92. The van der Waals surface area contributed by atoms with Gasteiger partial charge in [-0.3, -0.25) is 0 Å². The highest BCUT2D eigenvalue weighted by atomic mass is 35.5. The van der Waals surface area contributed by atoms with Gasteiger partial charge < -0.3 is 8.98 Å². The summed E-state index contributed by atoms with van der Waals surface area (Å²) in [5.74, 6) is 1.69. The number of aryl methyl sites for hydroxylation is 1. The van der Waals surface area contributed by atoms with E-state index in [1.807, 2.05) is 43.0 Å². The third kappa shape index (κ3) is 3.76. The first-order valence-corrected chi connectivity index (χ1v) is 10.2. The van der Waals surface area contributed by atoms with Crippen LogP contribution in [-0.4, -0.2) is 29.9 Å². The smallest absolute Gasteiger partial charge is 0.247 e. The molecule has 1 unspecified atom stereocenters. The fourth-order valence-electron chi connectivity index (χ4n) is 2.45. The summed E-state index contributed by atoms with van der Waals surface area (Å²) < 4.78 is 7.74. The van der Waals surface area contributed by atoms with Crippen molar-refractivity contribution in [1.29, 1.82) is 0 Å². The lowest BCUT2D eigenvalue weighted by molar-refractivity contribution is 0.508. The molecule has 0 spiro atoms. The van der Waals surface area contributed by atoms with Crippen LogP contribution in [0.1, 0.15) is 23.1 Å². The standard InChI is InChI=1S/C17H15ClN6OS2/c1-9(15-21-22-16(25-15)11-5-4-6-12(18)7-11)27-17-23-20-14(24(17)3)13-8-26-10(2)19-13/h4-9H,1-3H3. The fourth-order valence-corrected chi connectivity index (χ4v) is 4.08. The van der Waals surface area contributed by atoms with Crippen molar-refractivity contribution in [3.8, 4) is 23.0 Å². The molecule has 3 aromatic heterocycles. The van der Waals surface area contributed by atoms with Crippen molar-refractivity contribution in [3.63, 3.8) is 0 Å². The summed E-state index contributed by atoms with van der Waals surface area (Å²) in [5, 5.41) is 21.1. The van der Waals surface area contributed by atoms with Crippen LogP contribution >= 0.6 is 34.7 Å². The molecule has 0 saturated heterocycles. The molecule has 0 saturated carbocycles. The van der Waals surface area contributed by atoms with Crippen LogP contribution in [0.5, 0.6) is 0 Å². The van der Waals surface area contributed by atoms with Gasteiger partial charge >= 0.3 is 0 Å². The van der Waals surface area contributed by atoms with Gasteiger partial charge in [0.05, 0.1) is 10.3 Å². The average molecular weight is 419 g/mol. The first-order valence-electron chi connectivity index (χ1n) is 8.09. The molecule has 0 aliphatic rings. The van der Waals surface area contributed by atoms with Crippen LogP contribution in [-0.2, 0) is 7.05 Å². The summed E-state index contributed by atoms with van der Waals surface area (Å²) in [6.45, 7) is 3.95. The minimum Gasteiger partial charge on any atom is -0.419 e. The van der Waals surface area contributed by atoms with Gasteiger partial charge in [-0.05, 0) is 32.0 Å². The second kappa shape index (κ2) is 7.41. The molecule has 0 amide bonds. The number of nitrogens with zero attached hydrogens (tertiary/aromatic N) is 6. The Bertz CT molecular complexity index is 1090. The number of thioether (sulfide) groups is 1. The second-order valence-electron chi connectivity index (χ2n) is 5.83. The number of hydrogen-bond acceptors (Lipinski definition) is 8. The monoisotopic (exact) mass is 418 g/mol. The predicted molar refractivity (Wildman–Crippen MR) is 106 cm³/mol. The van der Waals surface area contributed by atoms with E-state index in [0.29, 0.717) is 16.8 Å². The zero-order valence-electron chi connectivity index (χ0n) is 14.8. The molecule has 1 aromatic carbocycles. The van der Waals surface area contributed by atoms with Gasteiger partial charge in [-0.15, -0.1) is 31.7 Å². The molecule has 0 bridgehead atoms. The maximum Gasteiger partial charge on any atom is 0.247 e. The molecular formula is C17H15ClN6OS2. The highest BCUT2D eigenvalue weighted by molar-refractivity contribution is 7.99. The Morgan fingerprint density at radius 3 is 2.81 bits per heavy atom. The van der Waals surface area contributed by atoms with E-state index in [0.717, 1.165) is 27.2 Å². The summed E-state index contributed by atoms with van der Waals surface area (Å²) >= 11 is 9.11. The lowest BCUT2D eigenvalue weighted by Crippen LogP contribution is -1.97. The van der Waals surface area contributed by atoms with Gasteiger partial charge in [0.1, 0.15) is 5.69 Å². The van der Waals surface area contributed by atoms with Gasteiger partial charge in [-0.1, -0.05) is 29.4 Å². The van der Waals surface area contributed by atoms with E-state index < -0.39 is 0 Å². The number of halogens is 1. The summed E-state index contributed by atoms with van der Waals surface area (Å²) in [4.78, 5) is 4.47. The van der Waals surface area contributed by atoms with Crippen molar-refractivity contribution in [2.24, 2.45) is 7.05 Å². The van der Waals surface area contributed by atoms with Gasteiger partial charge in [0, 0.05) is 23.0 Å². The first-order chi connectivity index (χ1) is 13.0. The molecule has 1 atom stereocenters. The molecule has 4 aromatic rings. The molecular weight excluding hydrogens is 404 g/mol. The third-order valence-corrected chi connectivity index (χ3v) is 5.96. The van der Waals surface area contributed by atoms with Crippen LogP contribution in [0.25, 0.3) is 23.0 Å². The molecule has 27 heavy (non-hydrogen) atoms. The van der Waals surface area contributed by atoms with E-state index >= 15 is 0 Å². The third-order valence-electron chi connectivity index (χ3n) is 3.83. The number of aromatic nitrogens is 6. The minimum absolute atomic E-state index is 0.0849. The molecule has 0 fully saturated rings. The molecule has 10 heteroatoms. The molecule has 3 heterocycles. The zero-order chi connectivity index (χ0) is 19.0. The number of benzene rings is 1. The van der Waals surface area contributed by atoms with Crippen molar-refractivity contribution in [2.75, 3.05) is 0 Å². The van der Waals surface area contributed by atoms with Crippen LogP contribution in [0, 0.1) is 6.92 Å². The largest absolute Gasteiger partial charge is 0.419 e. The number of rotatable bonds is 5. The molecule has 138 valence electrons. The molecule has 0 aliphatic heterocycles. The maximum atomic E-state index is 6.03. The zero-order valence-corrected chi connectivity index (χ0v) is 17.1. The van der Waals surface area contributed by atoms with E-state index in [1.165, 1.54) is 11.8 Å². The van der Waals surface area contributed by atoms with E-state index in [2.05, 4.69) is 25.4 Å². The Morgan fingerprint density at radius 2 is 2.07 bits per heavy atom. The van der Waals surface area contributed by atoms with Gasteiger partial charge in [0.15, 0.2) is 11.0 Å². The molecule has 0 N–H and O–H groups in total. The average Bonchev–Trinajstić information content (AvgIpc) is 3.36. The fraction of sp³-hybridized carbons (Fsp3) is 0.235. The Balaban J connectivity index is 1.53. The van der Waals surface area contributed by atoms with Gasteiger partial charge in [-0.2, -0.15) is 0 Å². The summed E-state index contributed by atoms with van der Waals surface area (Å²) in [5.41, 5.74) is 1.62. The van der Waals surface area contributed by atoms with Gasteiger partial charge in [-0.25, -0.2) is 4.98 Å². The Kier molecular flexibility index (Phi) is 4.98. The minimum atomic E-state index is -0.0849. The SMILES string of the molecule is Cc1nc(-c2nnc(SC(C)c3nnc(-c4cccc(Cl)c4)o3)n2C)cs1. The molecule has 7 nitrogen and oxygen atoms in total. The van der Waals surface area contributed by atoms with Crippen molar-refractivity contribution in [3.05, 3.63) is 45.6 Å². The van der Waals surface area contributed by atoms with Crippen molar-refractivity contribution in [2.45, 2.75) is 24.3 Å². The summed E-state index contributed by atoms with van der Waals surface area (Å²) in [6.07, 6.45) is 0. The van der Waals surface area contributed by atoms with Crippen molar-refractivity contribution < 1.29 is 4.42 Å². The summed E-state index contributed by atoms with van der Waals surface area (Å²) in [6, 6.07) is 7.32. The predicted octanol–water partition coefficient (Wildman–Crippen LogP) is 4.80. The molecule has 0 radical (unpaired) electrons. The maximum absolute atomic E-state index is 6.03. The number of thiazole rings is 1. The van der Waals surface area contributed by atoms with E-state index in [9.17, 15) is 0 Å². The van der Waals surface area contributed by atoms with E-state index in [1.54, 1.807) is 23.5 Å². The van der Waals surface area contributed by atoms with Crippen LogP contribution in [0.2, 0.25) is 5.02 Å². The topological polar surface area (TPSA) is 82.5 Å². The highest BCUT2D eigenvalue weighted by Crippen LogP contribution is 2.35. The molecule has 0 aliphatic carbocycles.